The highest BCUT2D eigenvalue weighted by molar-refractivity contribution is 5.07. The fourth-order valence-electron chi connectivity index (χ4n) is 1.10. The molecule has 0 aliphatic carbocycles. The first-order chi connectivity index (χ1) is 6.20. The van der Waals surface area contributed by atoms with E-state index in [1.807, 2.05) is 25.1 Å². The molecule has 1 aromatic rings. The van der Waals surface area contributed by atoms with Crippen LogP contribution in [-0.2, 0) is 0 Å². The quantitative estimate of drug-likeness (QED) is 0.717. The number of allylic oxidation sites excluding steroid dienone is 1. The minimum Gasteiger partial charge on any atom is -0.387 e. The molecule has 0 spiro atoms. The van der Waals surface area contributed by atoms with E-state index < -0.39 is 6.10 Å². The number of rotatable bonds is 4. The van der Waals surface area contributed by atoms with Crippen molar-refractivity contribution in [1.82, 2.24) is 4.98 Å². The first-order valence-electron chi connectivity index (χ1n) is 4.43. The van der Waals surface area contributed by atoms with Crippen molar-refractivity contribution in [2.45, 2.75) is 25.9 Å². The summed E-state index contributed by atoms with van der Waals surface area (Å²) in [5, 5.41) is 9.67. The van der Waals surface area contributed by atoms with Gasteiger partial charge in [0.2, 0.25) is 0 Å². The zero-order chi connectivity index (χ0) is 9.68. The molecule has 1 N–H and O–H groups in total. The van der Waals surface area contributed by atoms with Gasteiger partial charge in [0.1, 0.15) is 0 Å². The van der Waals surface area contributed by atoms with Gasteiger partial charge in [0.25, 0.3) is 0 Å². The Morgan fingerprint density at radius 3 is 2.92 bits per heavy atom. The van der Waals surface area contributed by atoms with Crippen LogP contribution in [0.1, 0.15) is 31.6 Å². The van der Waals surface area contributed by atoms with Gasteiger partial charge in [0.05, 0.1) is 11.8 Å². The summed E-state index contributed by atoms with van der Waals surface area (Å²) in [7, 11) is 0. The number of aliphatic hydroxyl groups is 1. The Balaban J connectivity index is 2.49. The standard InChI is InChI=1S/C11H15NO/c1-9(2)6-7-11(13)10-5-3-4-8-12-10/h3-5,8,11,13H,1,6-7H2,2H3. The van der Waals surface area contributed by atoms with E-state index in [0.717, 1.165) is 17.7 Å². The summed E-state index contributed by atoms with van der Waals surface area (Å²) in [5.41, 5.74) is 1.83. The summed E-state index contributed by atoms with van der Waals surface area (Å²) < 4.78 is 0. The second-order valence-electron chi connectivity index (χ2n) is 3.27. The van der Waals surface area contributed by atoms with Crippen molar-refractivity contribution in [2.75, 3.05) is 0 Å². The number of hydrogen-bond acceptors (Lipinski definition) is 2. The summed E-state index contributed by atoms with van der Waals surface area (Å²) >= 11 is 0. The van der Waals surface area contributed by atoms with E-state index in [9.17, 15) is 5.11 Å². The molecule has 70 valence electrons. The Morgan fingerprint density at radius 2 is 2.38 bits per heavy atom. The number of pyridine rings is 1. The molecule has 0 fully saturated rings. The van der Waals surface area contributed by atoms with Crippen molar-refractivity contribution in [3.8, 4) is 0 Å². The molecule has 2 heteroatoms. The van der Waals surface area contributed by atoms with Crippen LogP contribution < -0.4 is 0 Å². The Bertz CT molecular complexity index is 269. The molecule has 1 atom stereocenters. The van der Waals surface area contributed by atoms with Gasteiger partial charge in [-0.1, -0.05) is 11.6 Å². The molecule has 0 aliphatic rings. The predicted octanol–water partition coefficient (Wildman–Crippen LogP) is 2.47. The first kappa shape index (κ1) is 9.93. The predicted molar refractivity (Wildman–Crippen MR) is 53.2 cm³/mol. The molecule has 13 heavy (non-hydrogen) atoms. The molecular weight excluding hydrogens is 162 g/mol. The molecular formula is C11H15NO. The summed E-state index contributed by atoms with van der Waals surface area (Å²) in [6.07, 6.45) is 2.78. The van der Waals surface area contributed by atoms with Crippen molar-refractivity contribution in [2.24, 2.45) is 0 Å². The van der Waals surface area contributed by atoms with Crippen molar-refractivity contribution >= 4 is 0 Å². The second-order valence-corrected chi connectivity index (χ2v) is 3.27. The fourth-order valence-corrected chi connectivity index (χ4v) is 1.10. The molecule has 0 amide bonds. The van der Waals surface area contributed by atoms with E-state index in [1.54, 1.807) is 6.20 Å². The van der Waals surface area contributed by atoms with E-state index in [1.165, 1.54) is 0 Å². The Hall–Kier alpha value is -1.15. The maximum Gasteiger partial charge on any atom is 0.0962 e. The van der Waals surface area contributed by atoms with Crippen LogP contribution in [-0.4, -0.2) is 10.1 Å². The lowest BCUT2D eigenvalue weighted by molar-refractivity contribution is 0.163. The van der Waals surface area contributed by atoms with Gasteiger partial charge in [-0.05, 0) is 31.9 Å². The molecule has 0 bridgehead atoms. The second kappa shape index (κ2) is 4.77. The Morgan fingerprint density at radius 1 is 1.62 bits per heavy atom. The third-order valence-corrected chi connectivity index (χ3v) is 1.87. The van der Waals surface area contributed by atoms with Gasteiger partial charge in [-0.2, -0.15) is 0 Å². The third-order valence-electron chi connectivity index (χ3n) is 1.87. The summed E-state index contributed by atoms with van der Waals surface area (Å²) in [4.78, 5) is 4.08. The Labute approximate surface area is 78.9 Å². The van der Waals surface area contributed by atoms with Gasteiger partial charge < -0.3 is 5.11 Å². The molecule has 1 rings (SSSR count). The van der Waals surface area contributed by atoms with E-state index in [0.29, 0.717) is 6.42 Å². The van der Waals surface area contributed by atoms with Crippen molar-refractivity contribution in [1.29, 1.82) is 0 Å². The minimum atomic E-state index is -0.460. The lowest BCUT2D eigenvalue weighted by Crippen LogP contribution is -1.99. The van der Waals surface area contributed by atoms with Gasteiger partial charge in [-0.25, -0.2) is 0 Å². The van der Waals surface area contributed by atoms with Crippen molar-refractivity contribution in [3.05, 3.63) is 42.2 Å². The van der Waals surface area contributed by atoms with Gasteiger partial charge in [-0.15, -0.1) is 6.58 Å². The summed E-state index contributed by atoms with van der Waals surface area (Å²) in [5.74, 6) is 0. The smallest absolute Gasteiger partial charge is 0.0962 e. The number of aromatic nitrogens is 1. The van der Waals surface area contributed by atoms with Gasteiger partial charge in [0.15, 0.2) is 0 Å². The fraction of sp³-hybridized carbons (Fsp3) is 0.364. The van der Waals surface area contributed by atoms with Gasteiger partial charge >= 0.3 is 0 Å². The van der Waals surface area contributed by atoms with Crippen LogP contribution in [0.5, 0.6) is 0 Å². The largest absolute Gasteiger partial charge is 0.387 e. The average Bonchev–Trinajstić information content (AvgIpc) is 2.15. The highest BCUT2D eigenvalue weighted by Gasteiger charge is 2.07. The maximum atomic E-state index is 9.67. The average molecular weight is 177 g/mol. The third kappa shape index (κ3) is 3.38. The van der Waals surface area contributed by atoms with Crippen LogP contribution in [0.2, 0.25) is 0 Å². The van der Waals surface area contributed by atoms with Crippen LogP contribution in [0, 0.1) is 0 Å². The monoisotopic (exact) mass is 177 g/mol. The van der Waals surface area contributed by atoms with Crippen molar-refractivity contribution < 1.29 is 5.11 Å². The van der Waals surface area contributed by atoms with Crippen molar-refractivity contribution in [3.63, 3.8) is 0 Å². The van der Waals surface area contributed by atoms with Crippen LogP contribution in [0.25, 0.3) is 0 Å². The van der Waals surface area contributed by atoms with Crippen LogP contribution in [0.4, 0.5) is 0 Å². The molecule has 1 heterocycles. The number of nitrogens with zero attached hydrogens (tertiary/aromatic N) is 1. The minimum absolute atomic E-state index is 0.460. The molecule has 0 aliphatic heterocycles. The lowest BCUT2D eigenvalue weighted by atomic mass is 10.1. The zero-order valence-corrected chi connectivity index (χ0v) is 7.90. The zero-order valence-electron chi connectivity index (χ0n) is 7.90. The van der Waals surface area contributed by atoms with Crippen LogP contribution in [0.3, 0.4) is 0 Å². The summed E-state index contributed by atoms with van der Waals surface area (Å²) in [6, 6.07) is 5.56. The maximum absolute atomic E-state index is 9.67. The van der Waals surface area contributed by atoms with E-state index in [-0.39, 0.29) is 0 Å². The molecule has 0 saturated carbocycles. The number of hydrogen-bond donors (Lipinski definition) is 1. The van der Waals surface area contributed by atoms with E-state index in [4.69, 9.17) is 0 Å². The highest BCUT2D eigenvalue weighted by Crippen LogP contribution is 2.17. The Kier molecular flexibility index (Phi) is 3.65. The molecule has 1 unspecified atom stereocenters. The molecule has 0 saturated heterocycles. The first-order valence-corrected chi connectivity index (χ1v) is 4.43. The highest BCUT2D eigenvalue weighted by atomic mass is 16.3. The molecule has 0 radical (unpaired) electrons. The van der Waals surface area contributed by atoms with Crippen LogP contribution in [0.15, 0.2) is 36.5 Å². The lowest BCUT2D eigenvalue weighted by Gasteiger charge is -2.08. The molecule has 1 aromatic heterocycles. The van der Waals surface area contributed by atoms with E-state index in [2.05, 4.69) is 11.6 Å². The van der Waals surface area contributed by atoms with Crippen LogP contribution >= 0.6 is 0 Å². The van der Waals surface area contributed by atoms with Gasteiger partial charge in [-0.3, -0.25) is 4.98 Å². The topological polar surface area (TPSA) is 33.1 Å². The summed E-state index contributed by atoms with van der Waals surface area (Å²) in [6.45, 7) is 5.75. The molecule has 2 nitrogen and oxygen atoms in total. The number of aliphatic hydroxyl groups excluding tert-OH is 1. The molecule has 0 aromatic carbocycles. The van der Waals surface area contributed by atoms with E-state index >= 15 is 0 Å². The normalized spacial score (nSPS) is 12.5. The van der Waals surface area contributed by atoms with Gasteiger partial charge in [0, 0.05) is 6.20 Å². The SMILES string of the molecule is C=C(C)CCC(O)c1ccccn1.